The molecule has 0 aromatic heterocycles. The van der Waals surface area contributed by atoms with E-state index in [1.54, 1.807) is 0 Å². The highest BCUT2D eigenvalue weighted by molar-refractivity contribution is 7.78. The third kappa shape index (κ3) is 1.28. The summed E-state index contributed by atoms with van der Waals surface area (Å²) in [5, 5.41) is 3.32. The topological polar surface area (TPSA) is 12.4 Å². The zero-order chi connectivity index (χ0) is 5.28. The highest BCUT2D eigenvalue weighted by Crippen LogP contribution is 2.39. The van der Waals surface area contributed by atoms with E-state index in [9.17, 15) is 0 Å². The molecule has 0 aromatic rings. The van der Waals surface area contributed by atoms with Gasteiger partial charge in [0.25, 0.3) is 0 Å². The fraction of sp³-hybridized carbons (Fsp3) is 0.500. The smallest absolute Gasteiger partial charge is 0.0858 e. The third-order valence-corrected chi connectivity index (χ3v) is 4.23. The van der Waals surface area contributed by atoms with Gasteiger partial charge in [-0.25, -0.2) is 0 Å². The normalized spacial score (nSPS) is 32.3. The van der Waals surface area contributed by atoms with Crippen molar-refractivity contribution in [2.24, 2.45) is 4.76 Å². The molecule has 1 aliphatic rings. The van der Waals surface area contributed by atoms with Gasteiger partial charge in [0.2, 0.25) is 0 Å². The molecule has 0 saturated carbocycles. The van der Waals surface area contributed by atoms with Crippen LogP contribution in [0.5, 0.6) is 0 Å². The second-order valence-corrected chi connectivity index (χ2v) is 5.00. The van der Waals surface area contributed by atoms with Crippen LogP contribution >= 0.6 is 15.4 Å². The van der Waals surface area contributed by atoms with Gasteiger partial charge in [0.1, 0.15) is 0 Å². The Kier molecular flexibility index (Phi) is 1.50. The summed E-state index contributed by atoms with van der Waals surface area (Å²) in [6, 6.07) is 0. The lowest BCUT2D eigenvalue weighted by Gasteiger charge is -1.82. The van der Waals surface area contributed by atoms with Crippen molar-refractivity contribution in [3.05, 3.63) is 0 Å². The summed E-state index contributed by atoms with van der Waals surface area (Å²) in [6.07, 6.45) is 0. The van der Waals surface area contributed by atoms with Crippen LogP contribution in [0.25, 0.3) is 0 Å². The Morgan fingerprint density at radius 1 is 1.57 bits per heavy atom. The summed E-state index contributed by atoms with van der Waals surface area (Å²) in [5.41, 5.74) is 0. The molecule has 0 saturated heterocycles. The number of hydrogen-bond donors (Lipinski definition) is 0. The molecular formula is C4H7NP2. The first kappa shape index (κ1) is 5.32. The average Bonchev–Trinajstić information content (AvgIpc) is 1.87. The van der Waals surface area contributed by atoms with Crippen molar-refractivity contribution in [3.63, 3.8) is 0 Å². The maximum atomic E-state index is 4.17. The second kappa shape index (κ2) is 1.97. The van der Waals surface area contributed by atoms with Crippen LogP contribution in [0.4, 0.5) is 0 Å². The van der Waals surface area contributed by atoms with E-state index in [1.165, 1.54) is 0 Å². The lowest BCUT2D eigenvalue weighted by Crippen LogP contribution is -1.47. The molecule has 2 atom stereocenters. The van der Waals surface area contributed by atoms with E-state index in [0.717, 1.165) is 0 Å². The minimum atomic E-state index is -0.156. The first-order valence-corrected chi connectivity index (χ1v) is 5.66. The van der Waals surface area contributed by atoms with Crippen molar-refractivity contribution in [1.29, 1.82) is 0 Å². The van der Waals surface area contributed by atoms with E-state index in [4.69, 9.17) is 0 Å². The van der Waals surface area contributed by atoms with Gasteiger partial charge >= 0.3 is 0 Å². The van der Waals surface area contributed by atoms with Crippen molar-refractivity contribution in [2.45, 2.75) is 0 Å². The minimum absolute atomic E-state index is 0.0172. The Morgan fingerprint density at radius 3 is 2.43 bits per heavy atom. The summed E-state index contributed by atoms with van der Waals surface area (Å²) in [5.74, 6) is 2.03. The zero-order valence-electron chi connectivity index (χ0n) is 4.42. The van der Waals surface area contributed by atoms with E-state index in [0.29, 0.717) is 0 Å². The second-order valence-electron chi connectivity index (χ2n) is 1.47. The van der Waals surface area contributed by atoms with Crippen LogP contribution < -0.4 is 0 Å². The minimum Gasteiger partial charge on any atom is -0.252 e. The van der Waals surface area contributed by atoms with Crippen LogP contribution in [0.2, 0.25) is 0 Å². The van der Waals surface area contributed by atoms with Crippen molar-refractivity contribution >= 4 is 21.4 Å². The Labute approximate surface area is 45.7 Å². The lowest BCUT2D eigenvalue weighted by atomic mass is 11.7. The molecule has 0 fully saturated rings. The van der Waals surface area contributed by atoms with E-state index in [1.807, 2.05) is 5.96 Å². The molecule has 0 aliphatic carbocycles. The van der Waals surface area contributed by atoms with Gasteiger partial charge in [0.05, 0.1) is 14.0 Å². The van der Waals surface area contributed by atoms with Gasteiger partial charge in [0, 0.05) is 0 Å². The molecular weight excluding hydrogens is 124 g/mol. The standard InChI is InChI=1S/C4H7NP2/c1-6-3-5-7(2)4-6/h3H,1-2H3. The molecule has 3 heteroatoms. The highest BCUT2D eigenvalue weighted by atomic mass is 31.2. The summed E-state index contributed by atoms with van der Waals surface area (Å²) >= 11 is 0. The quantitative estimate of drug-likeness (QED) is 0.446. The van der Waals surface area contributed by atoms with E-state index >= 15 is 0 Å². The van der Waals surface area contributed by atoms with Gasteiger partial charge in [-0.1, -0.05) is 12.7 Å². The molecule has 0 aromatic carbocycles. The average molecular weight is 131 g/mol. The van der Waals surface area contributed by atoms with Gasteiger partial charge < -0.3 is 0 Å². The van der Waals surface area contributed by atoms with Crippen LogP contribution in [0.15, 0.2) is 4.76 Å². The van der Waals surface area contributed by atoms with E-state index in [-0.39, 0.29) is 15.4 Å². The maximum absolute atomic E-state index is 4.17. The summed E-state index contributed by atoms with van der Waals surface area (Å²) in [7, 11) is -0.173. The molecule has 0 radical (unpaired) electrons. The van der Waals surface area contributed by atoms with Crippen LogP contribution in [-0.4, -0.2) is 19.3 Å². The molecule has 7 heavy (non-hydrogen) atoms. The van der Waals surface area contributed by atoms with Crippen molar-refractivity contribution in [2.75, 3.05) is 13.3 Å². The Balaban J connectivity index is 2.81. The van der Waals surface area contributed by atoms with Crippen molar-refractivity contribution < 1.29 is 0 Å². The third-order valence-electron chi connectivity index (χ3n) is 0.701. The molecule has 1 aliphatic heterocycles. The molecule has 38 valence electrons. The van der Waals surface area contributed by atoms with E-state index < -0.39 is 0 Å². The van der Waals surface area contributed by atoms with Gasteiger partial charge in [-0.05, 0) is 13.3 Å². The van der Waals surface area contributed by atoms with Gasteiger partial charge in [-0.2, -0.15) is 0 Å². The SMILES string of the molecule is CP1C#P(C)C=N1. The molecule has 0 bridgehead atoms. The first-order chi connectivity index (χ1) is 3.29. The van der Waals surface area contributed by atoms with Gasteiger partial charge in [0.15, 0.2) is 0 Å². The fourth-order valence-corrected chi connectivity index (χ4v) is 3.91. The Hall–Kier alpha value is 0.180. The van der Waals surface area contributed by atoms with Crippen LogP contribution in [0.1, 0.15) is 0 Å². The lowest BCUT2D eigenvalue weighted by molar-refractivity contribution is 1.95. The highest BCUT2D eigenvalue weighted by Gasteiger charge is 1.94. The first-order valence-electron chi connectivity index (χ1n) is 2.06. The number of hydrogen-bond acceptors (Lipinski definition) is 1. The maximum Gasteiger partial charge on any atom is 0.0858 e. The summed E-state index contributed by atoms with van der Waals surface area (Å²) in [6.45, 7) is 4.29. The summed E-state index contributed by atoms with van der Waals surface area (Å²) in [4.78, 5) is 0. The molecule has 1 rings (SSSR count). The molecule has 0 amide bonds. The molecule has 1 nitrogen and oxygen atoms in total. The molecule has 1 heterocycles. The van der Waals surface area contributed by atoms with Gasteiger partial charge in [-0.3, -0.25) is 4.76 Å². The fourth-order valence-electron chi connectivity index (χ4n) is 0.435. The molecule has 0 N–H and O–H groups in total. The largest absolute Gasteiger partial charge is 0.252 e. The monoisotopic (exact) mass is 131 g/mol. The predicted octanol–water partition coefficient (Wildman–Crippen LogP) is 2.08. The van der Waals surface area contributed by atoms with Crippen molar-refractivity contribution in [1.82, 2.24) is 0 Å². The van der Waals surface area contributed by atoms with Crippen LogP contribution in [0, 0.1) is 5.37 Å². The molecule has 0 spiro atoms. The van der Waals surface area contributed by atoms with Gasteiger partial charge in [-0.15, -0.1) is 0 Å². The predicted molar refractivity (Wildman–Crippen MR) is 38.1 cm³/mol. The van der Waals surface area contributed by atoms with Crippen molar-refractivity contribution in [3.8, 4) is 5.37 Å². The number of nitrogens with zero attached hydrogens (tertiary/aromatic N) is 1. The number of rotatable bonds is 0. The van der Waals surface area contributed by atoms with Crippen LogP contribution in [0.3, 0.4) is 0 Å². The zero-order valence-corrected chi connectivity index (χ0v) is 6.21. The summed E-state index contributed by atoms with van der Waals surface area (Å²) < 4.78 is 4.17. The van der Waals surface area contributed by atoms with E-state index in [2.05, 4.69) is 23.5 Å². The Bertz CT molecular complexity index is 171. The van der Waals surface area contributed by atoms with Crippen LogP contribution in [-0.2, 0) is 0 Å². The Morgan fingerprint density at radius 2 is 2.29 bits per heavy atom. The molecule has 2 unspecified atom stereocenters.